The van der Waals surface area contributed by atoms with E-state index in [9.17, 15) is 4.79 Å². The van der Waals surface area contributed by atoms with Crippen LogP contribution in [0.4, 0.5) is 0 Å². The number of nitrogens with zero attached hydrogens (tertiary/aromatic N) is 3. The summed E-state index contributed by atoms with van der Waals surface area (Å²) in [6, 6.07) is 0.850. The highest BCUT2D eigenvalue weighted by atomic mass is 127. The van der Waals surface area contributed by atoms with Crippen LogP contribution in [0.3, 0.4) is 0 Å². The molecule has 0 aromatic rings. The Labute approximate surface area is 201 Å². The minimum atomic E-state index is 0. The number of carbonyl (C=O) groups is 1. The van der Waals surface area contributed by atoms with Crippen molar-refractivity contribution in [3.8, 4) is 0 Å². The number of halogens is 1. The van der Waals surface area contributed by atoms with Gasteiger partial charge in [0.1, 0.15) is 0 Å². The number of amides is 1. The van der Waals surface area contributed by atoms with E-state index in [1.807, 2.05) is 7.05 Å². The van der Waals surface area contributed by atoms with Gasteiger partial charge in [0, 0.05) is 44.7 Å². The Morgan fingerprint density at radius 3 is 2.27 bits per heavy atom. The van der Waals surface area contributed by atoms with Crippen molar-refractivity contribution in [2.24, 2.45) is 16.8 Å². The molecule has 2 unspecified atom stereocenters. The predicted octanol–water partition coefficient (Wildman–Crippen LogP) is 3.46. The summed E-state index contributed by atoms with van der Waals surface area (Å²) in [5, 5.41) is 7.15. The largest absolute Gasteiger partial charge is 0.355 e. The van der Waals surface area contributed by atoms with Gasteiger partial charge < -0.3 is 20.4 Å². The summed E-state index contributed by atoms with van der Waals surface area (Å²) in [5.74, 6) is 2.32. The number of nitrogens with one attached hydrogen (secondary N) is 2. The van der Waals surface area contributed by atoms with Gasteiger partial charge in [-0.3, -0.25) is 9.79 Å². The lowest BCUT2D eigenvalue weighted by Gasteiger charge is -2.35. The summed E-state index contributed by atoms with van der Waals surface area (Å²) in [4.78, 5) is 21.7. The maximum absolute atomic E-state index is 12.8. The first kappa shape index (κ1) is 25.7. The highest BCUT2D eigenvalue weighted by Gasteiger charge is 2.32. The van der Waals surface area contributed by atoms with E-state index in [0.29, 0.717) is 18.0 Å². The van der Waals surface area contributed by atoms with Gasteiger partial charge in [0.15, 0.2) is 5.96 Å². The minimum absolute atomic E-state index is 0. The quantitative estimate of drug-likeness (QED) is 0.312. The molecule has 2 atom stereocenters. The lowest BCUT2D eigenvalue weighted by atomic mass is 9.83. The van der Waals surface area contributed by atoms with Gasteiger partial charge in [-0.05, 0) is 52.1 Å². The summed E-state index contributed by atoms with van der Waals surface area (Å²) in [6.07, 6.45) is 13.7. The molecule has 2 saturated carbocycles. The zero-order valence-corrected chi connectivity index (χ0v) is 21.7. The van der Waals surface area contributed by atoms with E-state index in [1.165, 1.54) is 51.4 Å². The Kier molecular flexibility index (Phi) is 11.2. The molecule has 0 radical (unpaired) electrons. The maximum atomic E-state index is 12.8. The molecular formula is C23H44IN5O. The van der Waals surface area contributed by atoms with Crippen molar-refractivity contribution in [2.45, 2.75) is 82.7 Å². The summed E-state index contributed by atoms with van der Waals surface area (Å²) in [7, 11) is 6.24. The molecule has 3 fully saturated rings. The van der Waals surface area contributed by atoms with Crippen molar-refractivity contribution in [3.05, 3.63) is 0 Å². The molecular weight excluding hydrogens is 489 g/mol. The van der Waals surface area contributed by atoms with Gasteiger partial charge in [0.25, 0.3) is 0 Å². The second kappa shape index (κ2) is 13.1. The van der Waals surface area contributed by atoms with E-state index >= 15 is 0 Å². The Hall–Kier alpha value is -0.570. The predicted molar refractivity (Wildman–Crippen MR) is 136 cm³/mol. The van der Waals surface area contributed by atoms with E-state index in [-0.39, 0.29) is 29.9 Å². The van der Waals surface area contributed by atoms with Gasteiger partial charge in [-0.2, -0.15) is 0 Å². The van der Waals surface area contributed by atoms with Crippen LogP contribution in [0.2, 0.25) is 0 Å². The monoisotopic (exact) mass is 533 g/mol. The fourth-order valence-electron chi connectivity index (χ4n) is 5.57. The number of hydrogen-bond donors (Lipinski definition) is 2. The van der Waals surface area contributed by atoms with E-state index in [1.54, 1.807) is 0 Å². The average molecular weight is 534 g/mol. The molecule has 2 aliphatic carbocycles. The molecule has 1 aliphatic heterocycles. The number of hydrogen-bond acceptors (Lipinski definition) is 3. The van der Waals surface area contributed by atoms with Gasteiger partial charge in [0.2, 0.25) is 5.91 Å². The second-order valence-corrected chi connectivity index (χ2v) is 9.63. The first-order chi connectivity index (χ1) is 14.1. The zero-order valence-electron chi connectivity index (χ0n) is 19.4. The molecule has 3 aliphatic rings. The third-order valence-corrected chi connectivity index (χ3v) is 7.35. The number of likely N-dealkylation sites (N-methyl/N-ethyl adjacent to an activating group) is 1. The van der Waals surface area contributed by atoms with Gasteiger partial charge in [-0.1, -0.05) is 38.5 Å². The number of likely N-dealkylation sites (tertiary alicyclic amines) is 1. The fraction of sp³-hybridized carbons (Fsp3) is 0.913. The Morgan fingerprint density at radius 1 is 1.03 bits per heavy atom. The summed E-state index contributed by atoms with van der Waals surface area (Å²) >= 11 is 0. The van der Waals surface area contributed by atoms with Crippen LogP contribution in [-0.2, 0) is 4.79 Å². The van der Waals surface area contributed by atoms with E-state index < -0.39 is 0 Å². The Morgan fingerprint density at radius 2 is 1.67 bits per heavy atom. The van der Waals surface area contributed by atoms with Gasteiger partial charge >= 0.3 is 0 Å². The molecule has 0 spiro atoms. The number of rotatable bonds is 6. The molecule has 3 rings (SSSR count). The Balaban J connectivity index is 0.00000320. The number of carbonyl (C=O) groups excluding carboxylic acids is 1. The molecule has 0 aromatic heterocycles. The van der Waals surface area contributed by atoms with Gasteiger partial charge in [0.05, 0.1) is 0 Å². The van der Waals surface area contributed by atoms with Crippen LogP contribution >= 0.6 is 24.0 Å². The second-order valence-electron chi connectivity index (χ2n) is 9.63. The molecule has 174 valence electrons. The third-order valence-electron chi connectivity index (χ3n) is 7.35. The molecule has 1 heterocycles. The fourth-order valence-corrected chi connectivity index (χ4v) is 5.57. The molecule has 0 aromatic carbocycles. The topological polar surface area (TPSA) is 60.0 Å². The van der Waals surface area contributed by atoms with Crippen LogP contribution in [0.1, 0.15) is 70.6 Å². The zero-order chi connectivity index (χ0) is 20.6. The van der Waals surface area contributed by atoms with Crippen molar-refractivity contribution in [1.29, 1.82) is 0 Å². The van der Waals surface area contributed by atoms with Crippen molar-refractivity contribution in [3.63, 3.8) is 0 Å². The highest BCUT2D eigenvalue weighted by molar-refractivity contribution is 14.0. The first-order valence-corrected chi connectivity index (χ1v) is 12.0. The van der Waals surface area contributed by atoms with Crippen LogP contribution in [-0.4, -0.2) is 74.5 Å². The normalized spacial score (nSPS) is 25.1. The van der Waals surface area contributed by atoms with Gasteiger partial charge in [-0.25, -0.2) is 0 Å². The van der Waals surface area contributed by atoms with Crippen LogP contribution in [0.15, 0.2) is 4.99 Å². The standard InChI is InChI=1S/C23H43N5O.HI/c1-24-23(25-16-21(27(2)3)18-10-6-4-7-11-18)26-20-14-15-28(17-20)22(29)19-12-8-5-9-13-19;/h18-21H,4-17H2,1-3H3,(H2,24,25,26);1H. The van der Waals surface area contributed by atoms with Crippen molar-refractivity contribution >= 4 is 35.8 Å². The lowest BCUT2D eigenvalue weighted by molar-refractivity contribution is -0.135. The molecule has 1 amide bonds. The number of aliphatic imine (C=N–C) groups is 1. The van der Waals surface area contributed by atoms with Gasteiger partial charge in [-0.15, -0.1) is 24.0 Å². The Bertz CT molecular complexity index is 544. The highest BCUT2D eigenvalue weighted by Crippen LogP contribution is 2.28. The molecule has 30 heavy (non-hydrogen) atoms. The van der Waals surface area contributed by atoms with Crippen LogP contribution in [0.25, 0.3) is 0 Å². The smallest absolute Gasteiger partial charge is 0.225 e. The number of guanidine groups is 1. The van der Waals surface area contributed by atoms with Crippen molar-refractivity contribution < 1.29 is 4.79 Å². The lowest BCUT2D eigenvalue weighted by Crippen LogP contribution is -2.51. The van der Waals surface area contributed by atoms with Crippen LogP contribution in [0, 0.1) is 11.8 Å². The third kappa shape index (κ3) is 7.24. The molecule has 2 N–H and O–H groups in total. The van der Waals surface area contributed by atoms with E-state index in [0.717, 1.165) is 50.8 Å². The summed E-state index contributed by atoms with van der Waals surface area (Å²) in [5.41, 5.74) is 0. The van der Waals surface area contributed by atoms with E-state index in [2.05, 4.69) is 39.5 Å². The summed E-state index contributed by atoms with van der Waals surface area (Å²) in [6.45, 7) is 2.62. The molecule has 1 saturated heterocycles. The SMILES string of the molecule is CN=C(NCC(C1CCCCC1)N(C)C)NC1CCN(C(=O)C2CCCCC2)C1.I. The molecule has 0 bridgehead atoms. The first-order valence-electron chi connectivity index (χ1n) is 12.0. The molecule has 6 nitrogen and oxygen atoms in total. The summed E-state index contributed by atoms with van der Waals surface area (Å²) < 4.78 is 0. The van der Waals surface area contributed by atoms with Crippen LogP contribution in [0.5, 0.6) is 0 Å². The average Bonchev–Trinajstić information content (AvgIpc) is 3.22. The minimum Gasteiger partial charge on any atom is -0.355 e. The van der Waals surface area contributed by atoms with Crippen molar-refractivity contribution in [2.75, 3.05) is 40.8 Å². The van der Waals surface area contributed by atoms with Crippen molar-refractivity contribution in [1.82, 2.24) is 20.4 Å². The maximum Gasteiger partial charge on any atom is 0.225 e. The van der Waals surface area contributed by atoms with E-state index in [4.69, 9.17) is 0 Å². The van der Waals surface area contributed by atoms with Crippen LogP contribution < -0.4 is 10.6 Å². The molecule has 7 heteroatoms.